The number of fused-ring (bicyclic) bond motifs is 1. The van der Waals surface area contributed by atoms with Crippen molar-refractivity contribution in [2.75, 3.05) is 0 Å². The van der Waals surface area contributed by atoms with Crippen molar-refractivity contribution in [1.82, 2.24) is 0 Å². The average molecular weight is 252 g/mol. The van der Waals surface area contributed by atoms with Crippen LogP contribution in [0.4, 0.5) is 0 Å². The van der Waals surface area contributed by atoms with Crippen molar-refractivity contribution in [3.8, 4) is 11.5 Å². The summed E-state index contributed by atoms with van der Waals surface area (Å²) in [6.45, 7) is 0. The number of rotatable bonds is 3. The third-order valence-corrected chi connectivity index (χ3v) is 3.25. The Hall–Kier alpha value is -2.42. The zero-order chi connectivity index (χ0) is 13.2. The lowest BCUT2D eigenvalue weighted by molar-refractivity contribution is 0.0994. The Morgan fingerprint density at radius 3 is 2.42 bits per heavy atom. The van der Waals surface area contributed by atoms with Gasteiger partial charge in [0.2, 0.25) is 0 Å². The Morgan fingerprint density at radius 2 is 1.68 bits per heavy atom. The summed E-state index contributed by atoms with van der Waals surface area (Å²) < 4.78 is 5.71. The van der Waals surface area contributed by atoms with E-state index in [4.69, 9.17) is 4.74 Å². The van der Waals surface area contributed by atoms with E-state index in [1.54, 1.807) is 30.3 Å². The van der Waals surface area contributed by atoms with Crippen molar-refractivity contribution in [2.45, 2.75) is 12.8 Å². The number of carbonyl (C=O) groups is 2. The lowest BCUT2D eigenvalue weighted by Gasteiger charge is -2.07. The zero-order valence-corrected chi connectivity index (χ0v) is 10.3. The van der Waals surface area contributed by atoms with Gasteiger partial charge in [-0.1, -0.05) is 0 Å². The first-order valence-electron chi connectivity index (χ1n) is 6.15. The molecule has 0 atom stereocenters. The van der Waals surface area contributed by atoms with Crippen LogP contribution in [0.1, 0.15) is 32.7 Å². The lowest BCUT2D eigenvalue weighted by Crippen LogP contribution is -1.91. The van der Waals surface area contributed by atoms with Gasteiger partial charge in [-0.3, -0.25) is 9.59 Å². The molecule has 2 aromatic carbocycles. The standard InChI is InChI=1S/C16H12O3/c17-10-11-1-4-13(5-2-11)19-14-6-7-15-12(9-14)3-8-16(15)18/h1-2,4-7,9-10H,3,8H2. The molecule has 0 saturated carbocycles. The molecular weight excluding hydrogens is 240 g/mol. The van der Waals surface area contributed by atoms with Gasteiger partial charge in [-0.25, -0.2) is 0 Å². The van der Waals surface area contributed by atoms with Crippen molar-refractivity contribution >= 4 is 12.1 Å². The molecule has 0 N–H and O–H groups in total. The molecule has 0 unspecified atom stereocenters. The molecule has 1 aliphatic carbocycles. The largest absolute Gasteiger partial charge is 0.457 e. The zero-order valence-electron chi connectivity index (χ0n) is 10.3. The van der Waals surface area contributed by atoms with Gasteiger partial charge in [-0.05, 0) is 54.4 Å². The van der Waals surface area contributed by atoms with Crippen LogP contribution >= 0.6 is 0 Å². The average Bonchev–Trinajstić information content (AvgIpc) is 2.81. The highest BCUT2D eigenvalue weighted by molar-refractivity contribution is 6.00. The van der Waals surface area contributed by atoms with E-state index < -0.39 is 0 Å². The van der Waals surface area contributed by atoms with E-state index in [2.05, 4.69) is 0 Å². The molecule has 0 spiro atoms. The molecule has 3 heteroatoms. The molecule has 3 nitrogen and oxygen atoms in total. The van der Waals surface area contributed by atoms with Crippen LogP contribution in [0.15, 0.2) is 42.5 Å². The Labute approximate surface area is 110 Å². The van der Waals surface area contributed by atoms with Crippen molar-refractivity contribution in [3.63, 3.8) is 0 Å². The van der Waals surface area contributed by atoms with Gasteiger partial charge in [0.1, 0.15) is 17.8 Å². The summed E-state index contributed by atoms with van der Waals surface area (Å²) in [5.41, 5.74) is 2.47. The van der Waals surface area contributed by atoms with E-state index in [-0.39, 0.29) is 5.78 Å². The fourth-order valence-electron chi connectivity index (χ4n) is 2.25. The summed E-state index contributed by atoms with van der Waals surface area (Å²) in [6, 6.07) is 12.5. The van der Waals surface area contributed by atoms with Gasteiger partial charge < -0.3 is 4.74 Å². The Morgan fingerprint density at radius 1 is 0.947 bits per heavy atom. The van der Waals surface area contributed by atoms with Crippen molar-refractivity contribution < 1.29 is 14.3 Å². The van der Waals surface area contributed by atoms with Crippen molar-refractivity contribution in [2.24, 2.45) is 0 Å². The van der Waals surface area contributed by atoms with Gasteiger partial charge >= 0.3 is 0 Å². The molecule has 0 fully saturated rings. The van der Waals surface area contributed by atoms with E-state index in [0.29, 0.717) is 23.5 Å². The predicted octanol–water partition coefficient (Wildman–Crippen LogP) is 3.42. The smallest absolute Gasteiger partial charge is 0.163 e. The number of carbonyl (C=O) groups excluding carboxylic acids is 2. The SMILES string of the molecule is O=Cc1ccc(Oc2ccc3c(c2)CCC3=O)cc1. The molecule has 2 aromatic rings. The van der Waals surface area contributed by atoms with Crippen LogP contribution in [0.25, 0.3) is 0 Å². The molecule has 1 aliphatic rings. The van der Waals surface area contributed by atoms with E-state index in [9.17, 15) is 9.59 Å². The Balaban J connectivity index is 1.83. The van der Waals surface area contributed by atoms with Gasteiger partial charge in [0, 0.05) is 17.5 Å². The first kappa shape index (κ1) is 11.7. The van der Waals surface area contributed by atoms with Gasteiger partial charge in [-0.15, -0.1) is 0 Å². The molecule has 0 radical (unpaired) electrons. The normalized spacial score (nSPS) is 13.2. The number of benzene rings is 2. The van der Waals surface area contributed by atoms with Crippen LogP contribution < -0.4 is 4.74 Å². The molecule has 19 heavy (non-hydrogen) atoms. The maximum absolute atomic E-state index is 11.5. The lowest BCUT2D eigenvalue weighted by atomic mass is 10.1. The predicted molar refractivity (Wildman–Crippen MR) is 71.0 cm³/mol. The molecule has 94 valence electrons. The molecule has 0 amide bonds. The van der Waals surface area contributed by atoms with Gasteiger partial charge in [-0.2, -0.15) is 0 Å². The Bertz CT molecular complexity index is 642. The topological polar surface area (TPSA) is 43.4 Å². The maximum atomic E-state index is 11.5. The minimum absolute atomic E-state index is 0.205. The second-order valence-corrected chi connectivity index (χ2v) is 4.53. The summed E-state index contributed by atoms with van der Waals surface area (Å²) in [6.07, 6.45) is 2.17. The summed E-state index contributed by atoms with van der Waals surface area (Å²) in [5.74, 6) is 1.60. The van der Waals surface area contributed by atoms with Crippen LogP contribution in [0, 0.1) is 0 Å². The van der Waals surface area contributed by atoms with Crippen LogP contribution in [-0.4, -0.2) is 12.1 Å². The third-order valence-electron chi connectivity index (χ3n) is 3.25. The number of Topliss-reactive ketones (excluding diaryl/α,β-unsaturated/α-hetero) is 1. The second kappa shape index (κ2) is 4.69. The van der Waals surface area contributed by atoms with E-state index in [0.717, 1.165) is 23.8 Å². The highest BCUT2D eigenvalue weighted by Crippen LogP contribution is 2.28. The first-order chi connectivity index (χ1) is 9.26. The molecule has 3 rings (SSSR count). The van der Waals surface area contributed by atoms with Gasteiger partial charge in [0.05, 0.1) is 0 Å². The summed E-state index contributed by atoms with van der Waals surface area (Å²) in [5, 5.41) is 0. The maximum Gasteiger partial charge on any atom is 0.163 e. The first-order valence-corrected chi connectivity index (χ1v) is 6.15. The minimum atomic E-state index is 0.205. The monoisotopic (exact) mass is 252 g/mol. The number of hydrogen-bond acceptors (Lipinski definition) is 3. The number of aryl methyl sites for hydroxylation is 1. The van der Waals surface area contributed by atoms with Crippen LogP contribution in [0.5, 0.6) is 11.5 Å². The van der Waals surface area contributed by atoms with E-state index >= 15 is 0 Å². The quantitative estimate of drug-likeness (QED) is 0.786. The second-order valence-electron chi connectivity index (χ2n) is 4.53. The molecule has 0 bridgehead atoms. The highest BCUT2D eigenvalue weighted by atomic mass is 16.5. The molecule has 0 saturated heterocycles. The van der Waals surface area contributed by atoms with E-state index in [1.165, 1.54) is 0 Å². The van der Waals surface area contributed by atoms with Crippen LogP contribution in [0.2, 0.25) is 0 Å². The number of aldehydes is 1. The summed E-state index contributed by atoms with van der Waals surface area (Å²) >= 11 is 0. The molecule has 0 heterocycles. The number of hydrogen-bond donors (Lipinski definition) is 0. The van der Waals surface area contributed by atoms with Crippen molar-refractivity contribution in [1.29, 1.82) is 0 Å². The highest BCUT2D eigenvalue weighted by Gasteiger charge is 2.19. The molecular formula is C16H12O3. The van der Waals surface area contributed by atoms with Gasteiger partial charge in [0.15, 0.2) is 5.78 Å². The third kappa shape index (κ3) is 2.27. The molecule has 0 aliphatic heterocycles. The van der Waals surface area contributed by atoms with Crippen molar-refractivity contribution in [3.05, 3.63) is 59.2 Å². The van der Waals surface area contributed by atoms with E-state index in [1.807, 2.05) is 12.1 Å². The number of ether oxygens (including phenoxy) is 1. The molecule has 0 aromatic heterocycles. The van der Waals surface area contributed by atoms with Gasteiger partial charge in [0.25, 0.3) is 0 Å². The number of ketones is 1. The Kier molecular flexibility index (Phi) is 2.88. The fraction of sp³-hybridized carbons (Fsp3) is 0.125. The summed E-state index contributed by atoms with van der Waals surface area (Å²) in [7, 11) is 0. The fourth-order valence-corrected chi connectivity index (χ4v) is 2.25. The minimum Gasteiger partial charge on any atom is -0.457 e. The van der Waals surface area contributed by atoms with Crippen LogP contribution in [0.3, 0.4) is 0 Å². The van der Waals surface area contributed by atoms with Crippen LogP contribution in [-0.2, 0) is 6.42 Å². The summed E-state index contributed by atoms with van der Waals surface area (Å²) in [4.78, 5) is 22.1.